The van der Waals surface area contributed by atoms with Gasteiger partial charge in [-0.05, 0) is 30.9 Å². The fourth-order valence-corrected chi connectivity index (χ4v) is 1.49. The number of benzene rings is 1. The summed E-state index contributed by atoms with van der Waals surface area (Å²) in [6.45, 7) is 7.96. The van der Waals surface area contributed by atoms with Crippen molar-refractivity contribution in [1.29, 1.82) is 0 Å². The third kappa shape index (κ3) is 3.05. The number of hydrogen-bond donors (Lipinski definition) is 2. The fraction of sp³-hybridized carbons (Fsp3) is 0.538. The Morgan fingerprint density at radius 3 is 1.80 bits per heavy atom. The fourth-order valence-electron chi connectivity index (χ4n) is 1.49. The van der Waals surface area contributed by atoms with E-state index in [1.165, 1.54) is 5.56 Å². The van der Waals surface area contributed by atoms with Gasteiger partial charge in [0.05, 0.1) is 6.10 Å². The average molecular weight is 207 g/mol. The van der Waals surface area contributed by atoms with Crippen LogP contribution >= 0.6 is 0 Å². The first-order valence-corrected chi connectivity index (χ1v) is 5.39. The molecule has 15 heavy (non-hydrogen) atoms. The van der Waals surface area contributed by atoms with Gasteiger partial charge in [-0.3, -0.25) is 0 Å². The number of hydrogen-bond acceptors (Lipinski definition) is 2. The van der Waals surface area contributed by atoms with Crippen molar-refractivity contribution in [3.05, 3.63) is 35.4 Å². The van der Waals surface area contributed by atoms with Crippen molar-refractivity contribution in [3.63, 3.8) is 0 Å². The minimum atomic E-state index is -0.612. The Bertz CT molecular complexity index is 308. The first-order valence-electron chi connectivity index (χ1n) is 5.39. The molecule has 0 amide bonds. The van der Waals surface area contributed by atoms with E-state index >= 15 is 0 Å². The first kappa shape index (κ1) is 12.2. The zero-order valence-corrected chi connectivity index (χ0v) is 9.99. The van der Waals surface area contributed by atoms with Crippen LogP contribution in [0.1, 0.15) is 50.8 Å². The van der Waals surface area contributed by atoms with Crippen LogP contribution in [0.15, 0.2) is 24.3 Å². The van der Waals surface area contributed by atoms with Crippen LogP contribution in [0.3, 0.4) is 0 Å². The maximum atomic E-state index is 9.96. The maximum Gasteiger partial charge on any atom is 0.0963 e. The second-order valence-corrected chi connectivity index (χ2v) is 5.05. The van der Waals surface area contributed by atoms with E-state index in [0.717, 1.165) is 5.56 Å². The highest BCUT2D eigenvalue weighted by atomic mass is 16.3. The normalized spacial score (nSPS) is 14.3. The second kappa shape index (κ2) is 4.33. The molecule has 1 aromatic rings. The van der Waals surface area contributed by atoms with Gasteiger partial charge in [-0.2, -0.15) is 0 Å². The van der Waals surface area contributed by atoms with Gasteiger partial charge in [-0.15, -0.1) is 0 Å². The molecule has 0 heterocycles. The highest BCUT2D eigenvalue weighted by Crippen LogP contribution is 2.24. The van der Waals surface area contributed by atoms with E-state index < -0.39 is 11.6 Å². The molecule has 0 aromatic heterocycles. The molecule has 1 rings (SSSR count). The van der Waals surface area contributed by atoms with Crippen LogP contribution in [0.2, 0.25) is 0 Å². The van der Waals surface area contributed by atoms with Crippen LogP contribution in [0.4, 0.5) is 0 Å². The summed E-state index contributed by atoms with van der Waals surface area (Å²) in [5, 5.41) is 9.96. The number of nitrogens with two attached hydrogens (primary N) is 1. The van der Waals surface area contributed by atoms with E-state index in [-0.39, 0.29) is 0 Å². The lowest BCUT2D eigenvalue weighted by Gasteiger charge is -2.26. The highest BCUT2D eigenvalue weighted by molar-refractivity contribution is 5.27. The van der Waals surface area contributed by atoms with Crippen molar-refractivity contribution in [2.75, 3.05) is 0 Å². The minimum Gasteiger partial charge on any atom is -0.387 e. The van der Waals surface area contributed by atoms with Gasteiger partial charge in [0.2, 0.25) is 0 Å². The third-order valence-electron chi connectivity index (χ3n) is 2.62. The van der Waals surface area contributed by atoms with Crippen molar-refractivity contribution >= 4 is 0 Å². The third-order valence-corrected chi connectivity index (χ3v) is 2.62. The van der Waals surface area contributed by atoms with Crippen LogP contribution in [-0.4, -0.2) is 10.6 Å². The number of aliphatic hydroxyl groups excluding tert-OH is 1. The summed E-state index contributed by atoms with van der Waals surface area (Å²) in [7, 11) is 0. The lowest BCUT2D eigenvalue weighted by molar-refractivity contribution is 0.104. The van der Waals surface area contributed by atoms with Gasteiger partial charge in [0.15, 0.2) is 0 Å². The Morgan fingerprint density at radius 1 is 1.07 bits per heavy atom. The second-order valence-electron chi connectivity index (χ2n) is 5.05. The van der Waals surface area contributed by atoms with Crippen LogP contribution in [0.5, 0.6) is 0 Å². The molecule has 0 aliphatic carbocycles. The van der Waals surface area contributed by atoms with E-state index in [4.69, 9.17) is 5.73 Å². The molecule has 0 bridgehead atoms. The van der Waals surface area contributed by atoms with E-state index in [9.17, 15) is 5.11 Å². The Morgan fingerprint density at radius 2 is 1.47 bits per heavy atom. The summed E-state index contributed by atoms with van der Waals surface area (Å²) in [5.41, 5.74) is 7.42. The molecule has 0 saturated carbocycles. The molecular formula is C13H21NO. The van der Waals surface area contributed by atoms with Crippen LogP contribution in [0, 0.1) is 0 Å². The van der Waals surface area contributed by atoms with Crippen LogP contribution < -0.4 is 5.73 Å². The van der Waals surface area contributed by atoms with Crippen molar-refractivity contribution in [1.82, 2.24) is 0 Å². The summed E-state index contributed by atoms with van der Waals surface area (Å²) in [6.07, 6.45) is -0.612. The predicted octanol–water partition coefficient (Wildman–Crippen LogP) is 2.58. The summed E-state index contributed by atoms with van der Waals surface area (Å²) in [6, 6.07) is 8.01. The molecule has 84 valence electrons. The van der Waals surface area contributed by atoms with Crippen molar-refractivity contribution in [2.45, 2.75) is 45.3 Å². The van der Waals surface area contributed by atoms with Gasteiger partial charge in [0.25, 0.3) is 0 Å². The molecule has 0 unspecified atom stereocenters. The molecule has 0 saturated heterocycles. The van der Waals surface area contributed by atoms with Crippen molar-refractivity contribution < 1.29 is 5.11 Å². The Kier molecular flexibility index (Phi) is 3.53. The zero-order chi connectivity index (χ0) is 11.6. The molecule has 2 heteroatoms. The number of rotatable bonds is 3. The predicted molar refractivity (Wildman–Crippen MR) is 63.8 cm³/mol. The summed E-state index contributed by atoms with van der Waals surface area (Å²) in [4.78, 5) is 0. The average Bonchev–Trinajstić information content (AvgIpc) is 2.15. The summed E-state index contributed by atoms with van der Waals surface area (Å²) < 4.78 is 0. The van der Waals surface area contributed by atoms with E-state index in [1.54, 1.807) is 0 Å². The Hall–Kier alpha value is -0.860. The minimum absolute atomic E-state index is 0.516. The molecule has 0 fully saturated rings. The molecule has 1 aromatic carbocycles. The molecule has 0 spiro atoms. The van der Waals surface area contributed by atoms with Crippen LogP contribution in [0.25, 0.3) is 0 Å². The Labute approximate surface area is 92.1 Å². The summed E-state index contributed by atoms with van der Waals surface area (Å²) in [5.74, 6) is 0.516. The van der Waals surface area contributed by atoms with Crippen molar-refractivity contribution in [2.24, 2.45) is 5.73 Å². The smallest absolute Gasteiger partial charge is 0.0963 e. The van der Waals surface area contributed by atoms with Gasteiger partial charge in [0.1, 0.15) is 0 Å². The lowest BCUT2D eigenvalue weighted by Crippen LogP contribution is -2.39. The molecule has 3 N–H and O–H groups in total. The SMILES string of the molecule is CC(C)c1ccc([C@H](O)C(C)(C)N)cc1. The molecule has 1 atom stereocenters. The standard InChI is InChI=1S/C13H21NO/c1-9(2)10-5-7-11(8-6-10)12(15)13(3,4)14/h5-9,12,15H,14H2,1-4H3/t12-/m0/s1. The van der Waals surface area contributed by atoms with Crippen molar-refractivity contribution in [3.8, 4) is 0 Å². The highest BCUT2D eigenvalue weighted by Gasteiger charge is 2.24. The topological polar surface area (TPSA) is 46.2 Å². The zero-order valence-electron chi connectivity index (χ0n) is 9.99. The molecule has 0 aliphatic heterocycles. The largest absolute Gasteiger partial charge is 0.387 e. The maximum absolute atomic E-state index is 9.96. The molecular weight excluding hydrogens is 186 g/mol. The van der Waals surface area contributed by atoms with Gasteiger partial charge >= 0.3 is 0 Å². The molecule has 0 aliphatic rings. The first-order chi connectivity index (χ1) is 6.82. The van der Waals surface area contributed by atoms with E-state index in [0.29, 0.717) is 5.92 Å². The number of aliphatic hydroxyl groups is 1. The lowest BCUT2D eigenvalue weighted by atomic mass is 9.91. The van der Waals surface area contributed by atoms with E-state index in [1.807, 2.05) is 26.0 Å². The summed E-state index contributed by atoms with van der Waals surface area (Å²) >= 11 is 0. The monoisotopic (exact) mass is 207 g/mol. The molecule has 0 radical (unpaired) electrons. The van der Waals surface area contributed by atoms with Crippen LogP contribution in [-0.2, 0) is 0 Å². The van der Waals surface area contributed by atoms with Gasteiger partial charge in [0, 0.05) is 5.54 Å². The van der Waals surface area contributed by atoms with Gasteiger partial charge in [-0.1, -0.05) is 38.1 Å². The van der Waals surface area contributed by atoms with Gasteiger partial charge in [-0.25, -0.2) is 0 Å². The quantitative estimate of drug-likeness (QED) is 0.800. The Balaban J connectivity index is 2.89. The molecule has 2 nitrogen and oxygen atoms in total. The van der Waals surface area contributed by atoms with E-state index in [2.05, 4.69) is 26.0 Å². The van der Waals surface area contributed by atoms with Gasteiger partial charge < -0.3 is 10.8 Å².